The van der Waals surface area contributed by atoms with Gasteiger partial charge in [0.2, 0.25) is 0 Å². The molecule has 0 spiro atoms. The van der Waals surface area contributed by atoms with Gasteiger partial charge in [-0.05, 0) is 102 Å². The number of fused-ring (bicyclic) bond motifs is 9. The fourth-order valence-electron chi connectivity index (χ4n) is 6.20. The molecule has 0 atom stereocenters. The third-order valence-electron chi connectivity index (χ3n) is 8.49. The highest BCUT2D eigenvalue weighted by Crippen LogP contribution is 2.36. The Balaban J connectivity index is 1.52. The van der Waals surface area contributed by atoms with Crippen LogP contribution in [0.25, 0.3) is 78.6 Å². The summed E-state index contributed by atoms with van der Waals surface area (Å²) in [4.78, 5) is 16.1. The van der Waals surface area contributed by atoms with Crippen LogP contribution in [-0.4, -0.2) is 19.9 Å². The van der Waals surface area contributed by atoms with Gasteiger partial charge in [0.25, 0.3) is 0 Å². The van der Waals surface area contributed by atoms with E-state index < -0.39 is 0 Å². The summed E-state index contributed by atoms with van der Waals surface area (Å²) in [7, 11) is 0. The second-order valence-electron chi connectivity index (χ2n) is 11.3. The van der Waals surface area contributed by atoms with Crippen molar-refractivity contribution < 1.29 is 0 Å². The smallest absolute Gasteiger partial charge is 0.0991 e. The number of nitriles is 3. The van der Waals surface area contributed by atoms with Gasteiger partial charge in [0.15, 0.2) is 0 Å². The minimum absolute atomic E-state index is 0.577. The second-order valence-corrected chi connectivity index (χ2v) is 11.3. The van der Waals surface area contributed by atoms with Crippen molar-refractivity contribution in [2.45, 2.75) is 0 Å². The van der Waals surface area contributed by atoms with Gasteiger partial charge in [-0.3, -0.25) is 0 Å². The maximum Gasteiger partial charge on any atom is 0.0991 e. The second kappa shape index (κ2) is 11.1. The Bertz CT molecular complexity index is 2630. The van der Waals surface area contributed by atoms with Crippen molar-refractivity contribution in [2.24, 2.45) is 0 Å². The van der Waals surface area contributed by atoms with Crippen LogP contribution in [0.2, 0.25) is 0 Å². The molecule has 218 valence electrons. The average molecular weight is 602 g/mol. The van der Waals surface area contributed by atoms with Crippen LogP contribution < -0.4 is 0 Å². The number of rotatable bonds is 3. The Morgan fingerprint density at radius 1 is 0.362 bits per heavy atom. The topological polar surface area (TPSA) is 132 Å². The number of aromatic nitrogens is 4. The normalized spacial score (nSPS) is 11.3. The first kappa shape index (κ1) is 27.4. The highest BCUT2D eigenvalue weighted by Gasteiger charge is 2.16. The summed E-state index contributed by atoms with van der Waals surface area (Å²) < 4.78 is 0. The minimum Gasteiger partial charge on any atom is -0.354 e. The number of hydrogen-bond donors (Lipinski definition) is 3. The van der Waals surface area contributed by atoms with Crippen molar-refractivity contribution in [1.82, 2.24) is 19.9 Å². The lowest BCUT2D eigenvalue weighted by molar-refractivity contribution is 1.32. The molecular formula is C40H23N7. The van der Waals surface area contributed by atoms with E-state index >= 15 is 0 Å². The molecule has 0 amide bonds. The first-order valence-corrected chi connectivity index (χ1v) is 15.0. The van der Waals surface area contributed by atoms with Gasteiger partial charge in [-0.2, -0.15) is 15.8 Å². The Kier molecular flexibility index (Phi) is 6.47. The molecule has 7 heteroatoms. The van der Waals surface area contributed by atoms with Crippen molar-refractivity contribution in [1.29, 1.82) is 15.8 Å². The average Bonchev–Trinajstić information content (AvgIpc) is 3.95. The summed E-state index contributed by atoms with van der Waals surface area (Å²) in [6.07, 6.45) is 4.04. The fraction of sp³-hybridized carbons (Fsp3) is 0. The highest BCUT2D eigenvalue weighted by molar-refractivity contribution is 5.99. The number of H-pyrrole nitrogens is 3. The van der Waals surface area contributed by atoms with Crippen molar-refractivity contribution in [3.63, 3.8) is 0 Å². The molecule has 7 aromatic rings. The fourth-order valence-corrected chi connectivity index (χ4v) is 6.20. The van der Waals surface area contributed by atoms with Crippen LogP contribution in [0.15, 0.2) is 109 Å². The van der Waals surface area contributed by atoms with E-state index in [0.717, 1.165) is 77.9 Å². The van der Waals surface area contributed by atoms with Crippen LogP contribution in [0, 0.1) is 34.0 Å². The lowest BCUT2D eigenvalue weighted by atomic mass is 10.0. The van der Waals surface area contributed by atoms with Gasteiger partial charge in [0.1, 0.15) is 0 Å². The van der Waals surface area contributed by atoms with E-state index in [9.17, 15) is 15.8 Å². The number of nitrogens with one attached hydrogen (secondary N) is 3. The molecule has 4 aromatic heterocycles. The zero-order valence-electron chi connectivity index (χ0n) is 24.8. The van der Waals surface area contributed by atoms with Gasteiger partial charge in [-0.15, -0.1) is 0 Å². The van der Waals surface area contributed by atoms with Gasteiger partial charge >= 0.3 is 0 Å². The number of nitrogens with zero attached hydrogens (tertiary/aromatic N) is 4. The lowest BCUT2D eigenvalue weighted by Crippen LogP contribution is -1.88. The molecule has 7 nitrogen and oxygen atoms in total. The minimum atomic E-state index is 0.577. The quantitative estimate of drug-likeness (QED) is 0.186. The van der Waals surface area contributed by atoms with Gasteiger partial charge in [0.05, 0.1) is 57.3 Å². The van der Waals surface area contributed by atoms with Gasteiger partial charge in [-0.1, -0.05) is 36.4 Å². The predicted octanol–water partition coefficient (Wildman–Crippen LogP) is 9.31. The summed E-state index contributed by atoms with van der Waals surface area (Å²) in [6, 6.07) is 41.6. The van der Waals surface area contributed by atoms with E-state index in [0.29, 0.717) is 16.7 Å². The van der Waals surface area contributed by atoms with Crippen LogP contribution in [0.4, 0.5) is 0 Å². The molecule has 3 N–H and O–H groups in total. The molecule has 1 aliphatic rings. The number of hydrogen-bond acceptors (Lipinski definition) is 4. The Labute approximate surface area is 269 Å². The van der Waals surface area contributed by atoms with Gasteiger partial charge in [0, 0.05) is 38.8 Å². The first-order chi connectivity index (χ1) is 23.1. The monoisotopic (exact) mass is 601 g/mol. The van der Waals surface area contributed by atoms with E-state index in [2.05, 4.69) is 63.5 Å². The third kappa shape index (κ3) is 4.80. The first-order valence-electron chi connectivity index (χ1n) is 15.0. The largest absolute Gasteiger partial charge is 0.354 e. The van der Waals surface area contributed by atoms with E-state index in [1.807, 2.05) is 91.0 Å². The molecule has 0 aliphatic carbocycles. The number of benzene rings is 3. The highest BCUT2D eigenvalue weighted by atomic mass is 14.8. The summed E-state index contributed by atoms with van der Waals surface area (Å²) in [6.45, 7) is 0. The molecule has 0 saturated carbocycles. The predicted molar refractivity (Wildman–Crippen MR) is 186 cm³/mol. The Morgan fingerprint density at radius 3 is 1.02 bits per heavy atom. The molecule has 0 fully saturated rings. The van der Waals surface area contributed by atoms with Gasteiger partial charge in [-0.25, -0.2) is 4.98 Å². The molecule has 5 heterocycles. The SMILES string of the molecule is N#Cc1ccc(-c2c3nc(c(-c4ccc(C#N)cc4)c4ccc([nH]4)c4ccc([nH]4)c(-c4ccc(C#N)cc4)c4ccc2[nH]4)C=C3)cc1. The Hall–Kier alpha value is -7.14. The zero-order chi connectivity index (χ0) is 31.9. The lowest BCUT2D eigenvalue weighted by Gasteiger charge is -2.06. The molecule has 8 rings (SSSR count). The molecule has 3 aromatic carbocycles. The van der Waals surface area contributed by atoms with Crippen LogP contribution in [-0.2, 0) is 0 Å². The molecule has 0 saturated heterocycles. The molecule has 0 radical (unpaired) electrons. The van der Waals surface area contributed by atoms with E-state index in [1.165, 1.54) is 0 Å². The van der Waals surface area contributed by atoms with E-state index in [4.69, 9.17) is 4.98 Å². The maximum atomic E-state index is 9.47. The van der Waals surface area contributed by atoms with E-state index in [-0.39, 0.29) is 0 Å². The van der Waals surface area contributed by atoms with Crippen molar-refractivity contribution in [2.75, 3.05) is 0 Å². The van der Waals surface area contributed by atoms with Crippen molar-refractivity contribution >= 4 is 45.3 Å². The van der Waals surface area contributed by atoms with Crippen molar-refractivity contribution in [3.8, 4) is 51.6 Å². The zero-order valence-corrected chi connectivity index (χ0v) is 24.8. The molecule has 1 aliphatic heterocycles. The summed E-state index contributed by atoms with van der Waals surface area (Å²) in [5.74, 6) is 0. The molecule has 47 heavy (non-hydrogen) atoms. The van der Waals surface area contributed by atoms with E-state index in [1.54, 1.807) is 0 Å². The summed E-state index contributed by atoms with van der Waals surface area (Å²) in [5, 5.41) is 28.3. The number of aromatic amines is 3. The van der Waals surface area contributed by atoms with Crippen LogP contribution in [0.5, 0.6) is 0 Å². The molecular weight excluding hydrogens is 578 g/mol. The van der Waals surface area contributed by atoms with Crippen LogP contribution >= 0.6 is 0 Å². The summed E-state index contributed by atoms with van der Waals surface area (Å²) in [5.41, 5.74) is 14.2. The molecule has 0 unspecified atom stereocenters. The van der Waals surface area contributed by atoms with Crippen molar-refractivity contribution in [3.05, 3.63) is 137 Å². The van der Waals surface area contributed by atoms with Crippen LogP contribution in [0.3, 0.4) is 0 Å². The molecule has 8 bridgehead atoms. The Morgan fingerprint density at radius 2 is 0.660 bits per heavy atom. The van der Waals surface area contributed by atoms with Gasteiger partial charge < -0.3 is 15.0 Å². The standard InChI is InChI=1S/C40H23N7/c41-21-24-1-7-27(8-2-24)38-32-15-13-30(44-32)31-14-16-33(45-31)39(28-9-3-25(22-42)4-10-28)35-18-20-37(47-35)40(36-19-17-34(38)46-36)29-11-5-26(23-43)6-12-29/h1-20,44-46H. The van der Waals surface area contributed by atoms with Crippen LogP contribution in [0.1, 0.15) is 28.1 Å². The third-order valence-corrected chi connectivity index (χ3v) is 8.49. The maximum absolute atomic E-state index is 9.47. The summed E-state index contributed by atoms with van der Waals surface area (Å²) >= 11 is 0.